The molecule has 41 heavy (non-hydrogen) atoms. The number of ether oxygens (including phenoxy) is 1. The Labute approximate surface area is 229 Å². The first-order valence-corrected chi connectivity index (χ1v) is 12.0. The number of aromatic hydroxyl groups is 1. The van der Waals surface area contributed by atoms with Gasteiger partial charge in [-0.2, -0.15) is 13.2 Å². The highest BCUT2D eigenvalue weighted by molar-refractivity contribution is 5.75. The summed E-state index contributed by atoms with van der Waals surface area (Å²) in [5, 5.41) is 14.3. The first kappa shape index (κ1) is 29.7. The fourth-order valence-electron chi connectivity index (χ4n) is 4.15. The van der Waals surface area contributed by atoms with Crippen molar-refractivity contribution in [2.45, 2.75) is 44.8 Å². The topological polar surface area (TPSA) is 59.3 Å². The third kappa shape index (κ3) is 6.72. The average molecular weight is 585 g/mol. The summed E-state index contributed by atoms with van der Waals surface area (Å²) >= 11 is 0. The van der Waals surface area contributed by atoms with Gasteiger partial charge in [0.1, 0.15) is 11.4 Å². The van der Waals surface area contributed by atoms with Gasteiger partial charge >= 0.3 is 12.5 Å². The number of rotatable bonds is 7. The normalized spacial score (nSPS) is 12.9. The molecule has 2 aromatic carbocycles. The fraction of sp³-hybridized carbons (Fsp3) is 0.250. The van der Waals surface area contributed by atoms with Crippen LogP contribution in [0.25, 0.3) is 16.9 Å². The monoisotopic (exact) mass is 585 g/mol. The van der Waals surface area contributed by atoms with E-state index in [0.29, 0.717) is 5.56 Å². The van der Waals surface area contributed by atoms with E-state index >= 15 is 0 Å². The Morgan fingerprint density at radius 3 is 2.00 bits per heavy atom. The predicted molar refractivity (Wildman–Crippen MR) is 135 cm³/mol. The Morgan fingerprint density at radius 1 is 0.805 bits per heavy atom. The second-order valence-electron chi connectivity index (χ2n) is 9.79. The van der Waals surface area contributed by atoms with E-state index in [9.17, 15) is 40.2 Å². The van der Waals surface area contributed by atoms with Crippen molar-refractivity contribution in [1.82, 2.24) is 9.55 Å². The SMILES string of the molecule is CC(F)(F)c1cccc(-c2cc(NC(C)(C)c3ccc(C(F)(F)F)nc3)c(O)n2-c2ccc(OC(F)(F)F)cc2)c1. The van der Waals surface area contributed by atoms with Crippen LogP contribution in [0.5, 0.6) is 11.6 Å². The summed E-state index contributed by atoms with van der Waals surface area (Å²) in [5.74, 6) is -4.15. The highest BCUT2D eigenvalue weighted by atomic mass is 19.4. The van der Waals surface area contributed by atoms with Gasteiger partial charge in [-0.15, -0.1) is 13.2 Å². The molecule has 0 radical (unpaired) electrons. The summed E-state index contributed by atoms with van der Waals surface area (Å²) in [4.78, 5) is 3.47. The van der Waals surface area contributed by atoms with Crippen molar-refractivity contribution in [3.05, 3.63) is 89.7 Å². The molecular formula is C28H23F8N3O2. The molecule has 0 spiro atoms. The van der Waals surface area contributed by atoms with E-state index < -0.39 is 41.3 Å². The number of anilines is 1. The van der Waals surface area contributed by atoms with E-state index in [-0.39, 0.29) is 28.2 Å². The lowest BCUT2D eigenvalue weighted by molar-refractivity contribution is -0.274. The molecule has 0 atom stereocenters. The van der Waals surface area contributed by atoms with Crippen molar-refractivity contribution < 1.29 is 45.0 Å². The number of aromatic nitrogens is 2. The Kier molecular flexibility index (Phi) is 7.44. The van der Waals surface area contributed by atoms with E-state index in [1.54, 1.807) is 13.8 Å². The molecule has 0 fully saturated rings. The molecule has 0 aliphatic rings. The predicted octanol–water partition coefficient (Wildman–Crippen LogP) is 8.62. The van der Waals surface area contributed by atoms with Gasteiger partial charge in [-0.1, -0.05) is 24.3 Å². The Hall–Kier alpha value is -4.29. The lowest BCUT2D eigenvalue weighted by Gasteiger charge is -2.27. The largest absolute Gasteiger partial charge is 0.573 e. The van der Waals surface area contributed by atoms with Gasteiger partial charge in [0, 0.05) is 24.4 Å². The molecule has 0 unspecified atom stereocenters. The van der Waals surface area contributed by atoms with Gasteiger partial charge in [0.2, 0.25) is 5.88 Å². The number of halogens is 8. The highest BCUT2D eigenvalue weighted by Gasteiger charge is 2.34. The maximum absolute atomic E-state index is 14.1. The molecule has 0 aliphatic carbocycles. The van der Waals surface area contributed by atoms with E-state index in [2.05, 4.69) is 15.0 Å². The van der Waals surface area contributed by atoms with Crippen LogP contribution in [-0.4, -0.2) is 21.0 Å². The third-order valence-corrected chi connectivity index (χ3v) is 6.19. The third-order valence-electron chi connectivity index (χ3n) is 6.19. The summed E-state index contributed by atoms with van der Waals surface area (Å²) in [6.07, 6.45) is -8.52. The van der Waals surface area contributed by atoms with Gasteiger partial charge in [-0.3, -0.25) is 9.55 Å². The average Bonchev–Trinajstić information content (AvgIpc) is 3.18. The van der Waals surface area contributed by atoms with Gasteiger partial charge in [0.15, 0.2) is 0 Å². The van der Waals surface area contributed by atoms with Crippen LogP contribution in [0.2, 0.25) is 0 Å². The minimum absolute atomic E-state index is 0.0641. The molecule has 13 heteroatoms. The van der Waals surface area contributed by atoms with Crippen molar-refractivity contribution in [1.29, 1.82) is 0 Å². The highest BCUT2D eigenvalue weighted by Crippen LogP contribution is 2.41. The van der Waals surface area contributed by atoms with Crippen molar-refractivity contribution in [3.8, 4) is 28.6 Å². The number of alkyl halides is 8. The molecule has 5 nitrogen and oxygen atoms in total. The lowest BCUT2D eigenvalue weighted by Crippen LogP contribution is -2.28. The van der Waals surface area contributed by atoms with E-state index in [1.807, 2.05) is 0 Å². The second-order valence-corrected chi connectivity index (χ2v) is 9.79. The molecule has 2 aromatic heterocycles. The van der Waals surface area contributed by atoms with Crippen LogP contribution in [0.3, 0.4) is 0 Å². The minimum atomic E-state index is -4.93. The van der Waals surface area contributed by atoms with Crippen LogP contribution >= 0.6 is 0 Å². The summed E-state index contributed by atoms with van der Waals surface area (Å²) in [6.45, 7) is 3.96. The Bertz CT molecular complexity index is 1520. The van der Waals surface area contributed by atoms with Crippen LogP contribution in [-0.2, 0) is 17.6 Å². The van der Waals surface area contributed by atoms with Gasteiger partial charge in [0.25, 0.3) is 5.92 Å². The number of hydrogen-bond acceptors (Lipinski definition) is 4. The molecule has 0 saturated heterocycles. The van der Waals surface area contributed by atoms with Crippen molar-refractivity contribution in [2.75, 3.05) is 5.32 Å². The molecular weight excluding hydrogens is 562 g/mol. The summed E-state index contributed by atoms with van der Waals surface area (Å²) in [6, 6.07) is 13.3. The number of hydrogen-bond donors (Lipinski definition) is 2. The smallest absolute Gasteiger partial charge is 0.493 e. The molecule has 4 aromatic rings. The first-order chi connectivity index (χ1) is 18.8. The lowest BCUT2D eigenvalue weighted by atomic mass is 9.95. The maximum Gasteiger partial charge on any atom is 0.573 e. The van der Waals surface area contributed by atoms with Crippen LogP contribution in [0.4, 0.5) is 40.8 Å². The Morgan fingerprint density at radius 2 is 1.46 bits per heavy atom. The van der Waals surface area contributed by atoms with Crippen molar-refractivity contribution in [3.63, 3.8) is 0 Å². The number of pyridine rings is 1. The zero-order valence-corrected chi connectivity index (χ0v) is 21.7. The molecule has 0 bridgehead atoms. The van der Waals surface area contributed by atoms with E-state index in [4.69, 9.17) is 0 Å². The van der Waals surface area contributed by atoms with Crippen LogP contribution in [0.15, 0.2) is 72.9 Å². The summed E-state index contributed by atoms with van der Waals surface area (Å²) in [7, 11) is 0. The zero-order valence-electron chi connectivity index (χ0n) is 21.7. The van der Waals surface area contributed by atoms with Crippen LogP contribution < -0.4 is 10.1 Å². The molecule has 2 N–H and O–H groups in total. The fourth-order valence-corrected chi connectivity index (χ4v) is 4.15. The Balaban J connectivity index is 1.80. The van der Waals surface area contributed by atoms with Gasteiger partial charge in [-0.25, -0.2) is 8.78 Å². The van der Waals surface area contributed by atoms with Gasteiger partial charge in [0.05, 0.1) is 16.9 Å². The van der Waals surface area contributed by atoms with E-state index in [0.717, 1.165) is 31.3 Å². The standard InChI is InChI=1S/C28H23F8N3O2/c1-25(2,18-7-12-23(37-15-18)27(31,32)33)38-21-14-22(16-5-4-6-17(13-16)26(3,29)30)39(24(21)40)19-8-10-20(11-9-19)41-28(34,35)36/h4-15,38,40H,1-3H3. The molecule has 0 saturated carbocycles. The van der Waals surface area contributed by atoms with Gasteiger partial charge < -0.3 is 15.2 Å². The first-order valence-electron chi connectivity index (χ1n) is 12.0. The molecule has 0 amide bonds. The molecule has 2 heterocycles. The summed E-state index contributed by atoms with van der Waals surface area (Å²) in [5.41, 5.74) is -1.49. The molecule has 218 valence electrons. The number of nitrogens with zero attached hydrogens (tertiary/aromatic N) is 2. The zero-order chi connectivity index (χ0) is 30.4. The van der Waals surface area contributed by atoms with Crippen LogP contribution in [0, 0.1) is 0 Å². The maximum atomic E-state index is 14.1. The quantitative estimate of drug-likeness (QED) is 0.213. The second kappa shape index (κ2) is 10.3. The van der Waals surface area contributed by atoms with Crippen LogP contribution in [0.1, 0.15) is 37.6 Å². The minimum Gasteiger partial charge on any atom is -0.493 e. The summed E-state index contributed by atoms with van der Waals surface area (Å²) < 4.78 is 110. The molecule has 4 rings (SSSR count). The number of nitrogens with one attached hydrogen (secondary N) is 1. The van der Waals surface area contributed by atoms with E-state index in [1.165, 1.54) is 53.1 Å². The molecule has 0 aliphatic heterocycles. The van der Waals surface area contributed by atoms with Crippen molar-refractivity contribution in [2.24, 2.45) is 0 Å². The number of benzene rings is 2. The van der Waals surface area contributed by atoms with Crippen molar-refractivity contribution >= 4 is 5.69 Å². The van der Waals surface area contributed by atoms with Gasteiger partial charge in [-0.05, 0) is 67.4 Å².